The van der Waals surface area contributed by atoms with Crippen molar-refractivity contribution in [2.45, 2.75) is 0 Å². The normalized spacial score (nSPS) is 10.7. The van der Waals surface area contributed by atoms with Crippen molar-refractivity contribution in [2.75, 3.05) is 13.2 Å². The van der Waals surface area contributed by atoms with Gasteiger partial charge in [-0.05, 0) is 51.4 Å². The molecule has 0 amide bonds. The molecule has 0 aromatic heterocycles. The number of carbonyl (C=O) groups is 2. The molecule has 0 aliphatic heterocycles. The van der Waals surface area contributed by atoms with E-state index in [1.165, 1.54) is 0 Å². The quantitative estimate of drug-likeness (QED) is 0.286. The topological polar surface area (TPSA) is 52.6 Å². The number of carbonyl (C=O) groups excluding carboxylic acids is 2. The lowest BCUT2D eigenvalue weighted by atomic mass is 10.1. The third kappa shape index (κ3) is 4.08. The van der Waals surface area contributed by atoms with Gasteiger partial charge in [-0.15, -0.1) is 0 Å². The molecule has 0 unspecified atom stereocenters. The second-order valence-corrected chi connectivity index (χ2v) is 7.04. The molecule has 4 nitrogen and oxygen atoms in total. The van der Waals surface area contributed by atoms with Crippen LogP contribution in [0.15, 0.2) is 84.9 Å². The summed E-state index contributed by atoms with van der Waals surface area (Å²) in [5, 5.41) is 3.94. The van der Waals surface area contributed by atoms with Crippen molar-refractivity contribution in [3.63, 3.8) is 0 Å². The highest BCUT2D eigenvalue weighted by molar-refractivity contribution is 5.93. The largest absolute Gasteiger partial charge is 0.488 e. The van der Waals surface area contributed by atoms with Crippen LogP contribution in [-0.4, -0.2) is 25.8 Å². The summed E-state index contributed by atoms with van der Waals surface area (Å²) in [6.07, 6.45) is 1.57. The zero-order chi connectivity index (χ0) is 20.9. The molecule has 30 heavy (non-hydrogen) atoms. The van der Waals surface area contributed by atoms with E-state index in [1.54, 1.807) is 0 Å². The lowest BCUT2D eigenvalue weighted by Crippen LogP contribution is -2.10. The fourth-order valence-corrected chi connectivity index (χ4v) is 3.31. The van der Waals surface area contributed by atoms with E-state index in [-0.39, 0.29) is 13.2 Å². The average molecular weight is 396 g/mol. The van der Waals surface area contributed by atoms with Crippen molar-refractivity contribution >= 4 is 34.1 Å². The van der Waals surface area contributed by atoms with Crippen LogP contribution in [0, 0.1) is 0 Å². The standard InChI is InChI=1S/C26H20O4/c1-18(16-29-25-12-21-8-4-2-6-19(21)10-23(25)14-27)17-30-26-13-22-9-5-3-7-20(22)11-24(26)15-28/h2-15H,1,16-17H2. The Morgan fingerprint density at radius 1 is 0.667 bits per heavy atom. The van der Waals surface area contributed by atoms with Crippen LogP contribution in [0.3, 0.4) is 0 Å². The Kier molecular flexibility index (Phi) is 5.57. The number of hydrogen-bond donors (Lipinski definition) is 0. The molecule has 0 bridgehead atoms. The first-order valence-corrected chi connectivity index (χ1v) is 9.56. The summed E-state index contributed by atoms with van der Waals surface area (Å²) < 4.78 is 11.7. The smallest absolute Gasteiger partial charge is 0.153 e. The maximum atomic E-state index is 11.4. The minimum Gasteiger partial charge on any atom is -0.488 e. The molecule has 0 radical (unpaired) electrons. The monoisotopic (exact) mass is 396 g/mol. The molecule has 4 rings (SSSR count). The molecule has 0 saturated heterocycles. The minimum absolute atomic E-state index is 0.198. The second kappa shape index (κ2) is 8.62. The van der Waals surface area contributed by atoms with Crippen LogP contribution >= 0.6 is 0 Å². The second-order valence-electron chi connectivity index (χ2n) is 7.04. The zero-order valence-corrected chi connectivity index (χ0v) is 16.3. The minimum atomic E-state index is 0.198. The summed E-state index contributed by atoms with van der Waals surface area (Å²) in [5.74, 6) is 1.01. The fourth-order valence-electron chi connectivity index (χ4n) is 3.31. The van der Waals surface area contributed by atoms with E-state index in [0.29, 0.717) is 28.2 Å². The van der Waals surface area contributed by atoms with E-state index in [1.807, 2.05) is 72.8 Å². The van der Waals surface area contributed by atoms with E-state index in [2.05, 4.69) is 6.58 Å². The highest BCUT2D eigenvalue weighted by atomic mass is 16.5. The van der Waals surface area contributed by atoms with E-state index in [4.69, 9.17) is 9.47 Å². The van der Waals surface area contributed by atoms with E-state index < -0.39 is 0 Å². The van der Waals surface area contributed by atoms with Crippen molar-refractivity contribution in [3.05, 3.63) is 96.1 Å². The third-order valence-electron chi connectivity index (χ3n) is 4.87. The maximum absolute atomic E-state index is 11.4. The van der Waals surface area contributed by atoms with Crippen LogP contribution in [0.25, 0.3) is 21.5 Å². The summed E-state index contributed by atoms with van der Waals surface area (Å²) in [6, 6.07) is 22.9. The van der Waals surface area contributed by atoms with Crippen molar-refractivity contribution < 1.29 is 19.1 Å². The van der Waals surface area contributed by atoms with Crippen molar-refractivity contribution in [3.8, 4) is 11.5 Å². The molecule has 4 aromatic rings. The van der Waals surface area contributed by atoms with Crippen molar-refractivity contribution in [1.29, 1.82) is 0 Å². The van der Waals surface area contributed by atoms with Gasteiger partial charge in [-0.2, -0.15) is 0 Å². The number of fused-ring (bicyclic) bond motifs is 2. The lowest BCUT2D eigenvalue weighted by molar-refractivity contribution is 0.111. The molecule has 4 aromatic carbocycles. The van der Waals surface area contributed by atoms with E-state index >= 15 is 0 Å². The van der Waals surface area contributed by atoms with Gasteiger partial charge >= 0.3 is 0 Å². The van der Waals surface area contributed by atoms with Gasteiger partial charge in [0, 0.05) is 0 Å². The van der Waals surface area contributed by atoms with Gasteiger partial charge in [0.15, 0.2) is 12.6 Å². The SMILES string of the molecule is C=C(COc1cc2ccccc2cc1C=O)COc1cc2ccccc2cc1C=O. The number of hydrogen-bond acceptors (Lipinski definition) is 4. The average Bonchev–Trinajstić information content (AvgIpc) is 2.79. The van der Waals surface area contributed by atoms with Gasteiger partial charge in [-0.25, -0.2) is 0 Å². The highest BCUT2D eigenvalue weighted by Gasteiger charge is 2.09. The fraction of sp³-hybridized carbons (Fsp3) is 0.0769. The number of ether oxygens (including phenoxy) is 2. The molecular weight excluding hydrogens is 376 g/mol. The Hall–Kier alpha value is -3.92. The first-order valence-electron chi connectivity index (χ1n) is 9.56. The highest BCUT2D eigenvalue weighted by Crippen LogP contribution is 2.27. The zero-order valence-electron chi connectivity index (χ0n) is 16.3. The van der Waals surface area contributed by atoms with Gasteiger partial charge in [0.2, 0.25) is 0 Å². The maximum Gasteiger partial charge on any atom is 0.153 e. The Bertz CT molecular complexity index is 1160. The molecule has 0 saturated carbocycles. The molecule has 0 N–H and O–H groups in total. The molecule has 4 heteroatoms. The van der Waals surface area contributed by atoms with Gasteiger partial charge in [-0.1, -0.05) is 55.1 Å². The van der Waals surface area contributed by atoms with Crippen LogP contribution in [0.4, 0.5) is 0 Å². The lowest BCUT2D eigenvalue weighted by Gasteiger charge is -2.14. The van der Waals surface area contributed by atoms with Gasteiger partial charge in [0.05, 0.1) is 11.1 Å². The van der Waals surface area contributed by atoms with Gasteiger partial charge in [-0.3, -0.25) is 9.59 Å². The Morgan fingerprint density at radius 3 is 1.40 bits per heavy atom. The Labute approximate surface area is 174 Å². The Balaban J connectivity index is 1.45. The van der Waals surface area contributed by atoms with Gasteiger partial charge in [0.1, 0.15) is 24.7 Å². The van der Waals surface area contributed by atoms with Crippen LogP contribution in [0.5, 0.6) is 11.5 Å². The molecule has 0 aliphatic rings. The molecule has 0 aliphatic carbocycles. The van der Waals surface area contributed by atoms with Crippen LogP contribution in [-0.2, 0) is 0 Å². The summed E-state index contributed by atoms with van der Waals surface area (Å²) in [4.78, 5) is 22.9. The van der Waals surface area contributed by atoms with Crippen LogP contribution in [0.2, 0.25) is 0 Å². The molecule has 0 heterocycles. The van der Waals surface area contributed by atoms with Crippen molar-refractivity contribution in [2.24, 2.45) is 0 Å². The molecule has 0 atom stereocenters. The number of benzene rings is 4. The predicted octanol–water partition coefficient (Wildman–Crippen LogP) is 5.63. The summed E-state index contributed by atoms with van der Waals surface area (Å²) in [6.45, 7) is 4.39. The van der Waals surface area contributed by atoms with Gasteiger partial charge in [0.25, 0.3) is 0 Å². The summed E-state index contributed by atoms with van der Waals surface area (Å²) in [7, 11) is 0. The predicted molar refractivity (Wildman–Crippen MR) is 119 cm³/mol. The first-order chi connectivity index (χ1) is 14.7. The summed E-state index contributed by atoms with van der Waals surface area (Å²) in [5.41, 5.74) is 1.66. The number of rotatable bonds is 8. The van der Waals surface area contributed by atoms with E-state index in [0.717, 1.165) is 34.1 Å². The first kappa shape index (κ1) is 19.4. The third-order valence-corrected chi connectivity index (χ3v) is 4.87. The van der Waals surface area contributed by atoms with Crippen LogP contribution in [0.1, 0.15) is 20.7 Å². The molecule has 148 valence electrons. The summed E-state index contributed by atoms with van der Waals surface area (Å²) >= 11 is 0. The molecular formula is C26H20O4. The number of aldehydes is 2. The van der Waals surface area contributed by atoms with Crippen LogP contribution < -0.4 is 9.47 Å². The molecule has 0 fully saturated rings. The van der Waals surface area contributed by atoms with Gasteiger partial charge < -0.3 is 9.47 Å². The van der Waals surface area contributed by atoms with E-state index in [9.17, 15) is 9.59 Å². The Morgan fingerprint density at radius 2 is 1.03 bits per heavy atom. The molecule has 0 spiro atoms. The van der Waals surface area contributed by atoms with Crippen molar-refractivity contribution in [1.82, 2.24) is 0 Å².